The van der Waals surface area contributed by atoms with E-state index in [2.05, 4.69) is 5.32 Å². The molecule has 0 saturated heterocycles. The van der Waals surface area contributed by atoms with E-state index in [9.17, 15) is 4.79 Å². The standard InChI is InChI=1S/C10H8N2O2/c11-6-7-1-2-9-8(5-7)10(13)12-3-4-14-9/h1-2,5H,3-4H2,(H,12,13). The van der Waals surface area contributed by atoms with Crippen LogP contribution in [-0.4, -0.2) is 19.1 Å². The van der Waals surface area contributed by atoms with Crippen LogP contribution in [0.4, 0.5) is 0 Å². The van der Waals surface area contributed by atoms with Crippen molar-refractivity contribution in [3.63, 3.8) is 0 Å². The van der Waals surface area contributed by atoms with Crippen LogP contribution in [0.25, 0.3) is 0 Å². The molecule has 0 saturated carbocycles. The number of nitrogens with one attached hydrogen (secondary N) is 1. The van der Waals surface area contributed by atoms with E-state index in [0.29, 0.717) is 30.0 Å². The highest BCUT2D eigenvalue weighted by molar-refractivity contribution is 5.97. The van der Waals surface area contributed by atoms with Crippen molar-refractivity contribution >= 4 is 5.91 Å². The summed E-state index contributed by atoms with van der Waals surface area (Å²) in [6.45, 7) is 0.958. The van der Waals surface area contributed by atoms with Gasteiger partial charge in [0.2, 0.25) is 0 Å². The highest BCUT2D eigenvalue weighted by atomic mass is 16.5. The summed E-state index contributed by atoms with van der Waals surface area (Å²) in [6.07, 6.45) is 0. The lowest BCUT2D eigenvalue weighted by molar-refractivity contribution is 0.0957. The van der Waals surface area contributed by atoms with Crippen molar-refractivity contribution in [2.45, 2.75) is 0 Å². The molecule has 1 N–H and O–H groups in total. The molecule has 4 nitrogen and oxygen atoms in total. The average molecular weight is 188 g/mol. The van der Waals surface area contributed by atoms with E-state index < -0.39 is 0 Å². The summed E-state index contributed by atoms with van der Waals surface area (Å²) < 4.78 is 5.33. The molecule has 0 unspecified atom stereocenters. The van der Waals surface area contributed by atoms with Crippen molar-refractivity contribution in [1.29, 1.82) is 5.26 Å². The fourth-order valence-corrected chi connectivity index (χ4v) is 1.32. The summed E-state index contributed by atoms with van der Waals surface area (Å²) in [5.41, 5.74) is 0.894. The fraction of sp³-hybridized carbons (Fsp3) is 0.200. The predicted octanol–water partition coefficient (Wildman–Crippen LogP) is 0.680. The Bertz CT molecular complexity index is 421. The molecule has 2 rings (SSSR count). The van der Waals surface area contributed by atoms with Crippen molar-refractivity contribution in [2.24, 2.45) is 0 Å². The minimum Gasteiger partial charge on any atom is -0.491 e. The smallest absolute Gasteiger partial charge is 0.255 e. The number of ether oxygens (including phenoxy) is 1. The van der Waals surface area contributed by atoms with Gasteiger partial charge in [0.05, 0.1) is 23.7 Å². The zero-order valence-corrected chi connectivity index (χ0v) is 7.41. The Hall–Kier alpha value is -2.02. The largest absolute Gasteiger partial charge is 0.491 e. The molecule has 1 aliphatic rings. The lowest BCUT2D eigenvalue weighted by atomic mass is 10.1. The first-order valence-electron chi connectivity index (χ1n) is 4.26. The molecule has 0 spiro atoms. The number of carbonyl (C=O) groups excluding carboxylic acids is 1. The maximum Gasteiger partial charge on any atom is 0.255 e. The van der Waals surface area contributed by atoms with E-state index in [4.69, 9.17) is 10.00 Å². The fourth-order valence-electron chi connectivity index (χ4n) is 1.32. The van der Waals surface area contributed by atoms with Crippen molar-refractivity contribution in [2.75, 3.05) is 13.2 Å². The van der Waals surface area contributed by atoms with Crippen LogP contribution < -0.4 is 10.1 Å². The summed E-state index contributed by atoms with van der Waals surface area (Å²) in [4.78, 5) is 11.5. The Morgan fingerprint density at radius 1 is 1.50 bits per heavy atom. The number of hydrogen-bond donors (Lipinski definition) is 1. The SMILES string of the molecule is N#Cc1ccc2c(c1)C(=O)NCCO2. The number of amides is 1. The summed E-state index contributed by atoms with van der Waals surface area (Å²) in [5, 5.41) is 11.4. The minimum atomic E-state index is -0.186. The summed E-state index contributed by atoms with van der Waals surface area (Å²) in [5.74, 6) is 0.355. The average Bonchev–Trinajstić information content (AvgIpc) is 2.40. The Morgan fingerprint density at radius 3 is 3.14 bits per heavy atom. The second-order valence-electron chi connectivity index (χ2n) is 2.93. The van der Waals surface area contributed by atoms with Crippen LogP contribution in [-0.2, 0) is 0 Å². The van der Waals surface area contributed by atoms with Gasteiger partial charge in [-0.2, -0.15) is 5.26 Å². The van der Waals surface area contributed by atoms with Gasteiger partial charge in [0.25, 0.3) is 5.91 Å². The van der Waals surface area contributed by atoms with Gasteiger partial charge in [-0.05, 0) is 18.2 Å². The van der Waals surface area contributed by atoms with Gasteiger partial charge >= 0.3 is 0 Å². The number of nitrogens with zero attached hydrogens (tertiary/aromatic N) is 1. The number of hydrogen-bond acceptors (Lipinski definition) is 3. The van der Waals surface area contributed by atoms with Crippen LogP contribution in [0.5, 0.6) is 5.75 Å². The van der Waals surface area contributed by atoms with Crippen LogP contribution in [0.15, 0.2) is 18.2 Å². The maximum atomic E-state index is 11.5. The van der Waals surface area contributed by atoms with Gasteiger partial charge < -0.3 is 10.1 Å². The van der Waals surface area contributed by atoms with Crippen LogP contribution in [0, 0.1) is 11.3 Å². The van der Waals surface area contributed by atoms with Gasteiger partial charge in [-0.3, -0.25) is 4.79 Å². The molecule has 0 aromatic heterocycles. The molecular formula is C10H8N2O2. The first-order chi connectivity index (χ1) is 6.81. The molecule has 14 heavy (non-hydrogen) atoms. The van der Waals surface area contributed by atoms with E-state index in [-0.39, 0.29) is 5.91 Å². The second-order valence-corrected chi connectivity index (χ2v) is 2.93. The predicted molar refractivity (Wildman–Crippen MR) is 49.0 cm³/mol. The number of benzene rings is 1. The summed E-state index contributed by atoms with van der Waals surface area (Å²) >= 11 is 0. The Kier molecular flexibility index (Phi) is 2.07. The first kappa shape index (κ1) is 8.57. The van der Waals surface area contributed by atoms with E-state index in [0.717, 1.165) is 0 Å². The highest BCUT2D eigenvalue weighted by Crippen LogP contribution is 2.21. The van der Waals surface area contributed by atoms with Gasteiger partial charge in [0, 0.05) is 0 Å². The van der Waals surface area contributed by atoms with Gasteiger partial charge in [-0.25, -0.2) is 0 Å². The van der Waals surface area contributed by atoms with E-state index in [1.807, 2.05) is 6.07 Å². The molecule has 1 aromatic rings. The lowest BCUT2D eigenvalue weighted by Gasteiger charge is -2.04. The number of carbonyl (C=O) groups is 1. The van der Waals surface area contributed by atoms with E-state index in [1.165, 1.54) is 6.07 Å². The normalized spacial score (nSPS) is 14.4. The van der Waals surface area contributed by atoms with Gasteiger partial charge in [0.1, 0.15) is 12.4 Å². The number of rotatable bonds is 0. The molecule has 70 valence electrons. The third kappa shape index (κ3) is 1.40. The molecule has 0 bridgehead atoms. The van der Waals surface area contributed by atoms with Crippen LogP contribution in [0.1, 0.15) is 15.9 Å². The molecule has 1 amide bonds. The summed E-state index contributed by atoms with van der Waals surface area (Å²) in [6, 6.07) is 6.81. The Morgan fingerprint density at radius 2 is 2.36 bits per heavy atom. The van der Waals surface area contributed by atoms with E-state index in [1.54, 1.807) is 12.1 Å². The monoisotopic (exact) mass is 188 g/mol. The van der Waals surface area contributed by atoms with E-state index >= 15 is 0 Å². The molecule has 1 heterocycles. The Labute approximate surface area is 81.1 Å². The van der Waals surface area contributed by atoms with Gasteiger partial charge in [-0.1, -0.05) is 0 Å². The molecular weight excluding hydrogens is 180 g/mol. The van der Waals surface area contributed by atoms with Crippen molar-refractivity contribution in [3.05, 3.63) is 29.3 Å². The maximum absolute atomic E-state index is 11.5. The lowest BCUT2D eigenvalue weighted by Crippen LogP contribution is -2.24. The molecule has 0 aliphatic carbocycles. The second kappa shape index (κ2) is 3.38. The van der Waals surface area contributed by atoms with Crippen molar-refractivity contribution in [3.8, 4) is 11.8 Å². The van der Waals surface area contributed by atoms with Crippen LogP contribution in [0.3, 0.4) is 0 Å². The molecule has 1 aromatic carbocycles. The molecule has 1 aliphatic heterocycles. The minimum absolute atomic E-state index is 0.186. The molecule has 4 heteroatoms. The molecule has 0 radical (unpaired) electrons. The van der Waals surface area contributed by atoms with Crippen LogP contribution in [0.2, 0.25) is 0 Å². The van der Waals surface area contributed by atoms with Crippen LogP contribution >= 0.6 is 0 Å². The van der Waals surface area contributed by atoms with Crippen molar-refractivity contribution in [1.82, 2.24) is 5.32 Å². The number of nitriles is 1. The molecule has 0 fully saturated rings. The first-order valence-corrected chi connectivity index (χ1v) is 4.26. The Balaban J connectivity index is 2.51. The quantitative estimate of drug-likeness (QED) is 0.651. The summed E-state index contributed by atoms with van der Waals surface area (Å²) in [7, 11) is 0. The highest BCUT2D eigenvalue weighted by Gasteiger charge is 2.16. The topological polar surface area (TPSA) is 62.1 Å². The van der Waals surface area contributed by atoms with Crippen molar-refractivity contribution < 1.29 is 9.53 Å². The molecule has 0 atom stereocenters. The number of fused-ring (bicyclic) bond motifs is 1. The zero-order valence-electron chi connectivity index (χ0n) is 7.41. The van der Waals surface area contributed by atoms with Gasteiger partial charge in [-0.15, -0.1) is 0 Å². The third-order valence-electron chi connectivity index (χ3n) is 2.00. The zero-order chi connectivity index (χ0) is 9.97. The third-order valence-corrected chi connectivity index (χ3v) is 2.00. The van der Waals surface area contributed by atoms with Gasteiger partial charge in [0.15, 0.2) is 0 Å².